The van der Waals surface area contributed by atoms with Crippen molar-refractivity contribution in [3.05, 3.63) is 65.7 Å². The lowest BCUT2D eigenvalue weighted by atomic mass is 10.0. The molecule has 0 heterocycles. The third-order valence-corrected chi connectivity index (χ3v) is 5.94. The number of carbonyl (C=O) groups excluding carboxylic acids is 4. The fourth-order valence-electron chi connectivity index (χ4n) is 3.80. The molecule has 4 amide bonds. The van der Waals surface area contributed by atoms with E-state index in [4.69, 9.17) is 16.6 Å². The third kappa shape index (κ3) is 11.3. The van der Waals surface area contributed by atoms with Crippen LogP contribution in [-0.2, 0) is 41.6 Å². The van der Waals surface area contributed by atoms with Crippen LogP contribution in [0.2, 0.25) is 0 Å². The fourth-order valence-corrected chi connectivity index (χ4v) is 3.80. The molecular weight excluding hydrogens is 538 g/mol. The number of rotatable bonds is 16. The number of hydrogen-bond donors (Lipinski definition) is 8. The molecule has 2 aromatic rings. The van der Waals surface area contributed by atoms with E-state index in [2.05, 4.69) is 16.0 Å². The minimum Gasteiger partial charge on any atom is -0.508 e. The predicted octanol–water partition coefficient (Wildman–Crippen LogP) is -1.22. The van der Waals surface area contributed by atoms with Gasteiger partial charge in [0.15, 0.2) is 0 Å². The average molecular weight is 572 g/mol. The maximum Gasteiger partial charge on any atom is 0.326 e. The molecule has 0 saturated carbocycles. The molecule has 220 valence electrons. The second-order valence-corrected chi connectivity index (χ2v) is 9.29. The van der Waals surface area contributed by atoms with Crippen molar-refractivity contribution in [2.45, 2.75) is 56.3 Å². The van der Waals surface area contributed by atoms with Crippen LogP contribution >= 0.6 is 0 Å². The van der Waals surface area contributed by atoms with Crippen molar-refractivity contribution >= 4 is 35.6 Å². The fraction of sp³-hybridized carbons (Fsp3) is 0.333. The van der Waals surface area contributed by atoms with Gasteiger partial charge in [-0.05, 0) is 29.7 Å². The largest absolute Gasteiger partial charge is 0.508 e. The van der Waals surface area contributed by atoms with Crippen molar-refractivity contribution in [2.75, 3.05) is 0 Å². The summed E-state index contributed by atoms with van der Waals surface area (Å²) in [7, 11) is 0. The van der Waals surface area contributed by atoms with Gasteiger partial charge in [0.25, 0.3) is 0 Å². The van der Waals surface area contributed by atoms with Crippen molar-refractivity contribution in [1.29, 1.82) is 0 Å². The van der Waals surface area contributed by atoms with Gasteiger partial charge >= 0.3 is 11.9 Å². The summed E-state index contributed by atoms with van der Waals surface area (Å²) in [5.74, 6) is -6.23. The summed E-state index contributed by atoms with van der Waals surface area (Å²) in [5.41, 5.74) is 11.8. The predicted molar refractivity (Wildman–Crippen MR) is 144 cm³/mol. The highest BCUT2D eigenvalue weighted by Crippen LogP contribution is 2.13. The quantitative estimate of drug-likeness (QED) is 0.119. The molecule has 0 bridgehead atoms. The van der Waals surface area contributed by atoms with E-state index in [0.29, 0.717) is 11.1 Å². The molecule has 4 unspecified atom stereocenters. The van der Waals surface area contributed by atoms with E-state index in [9.17, 15) is 39.0 Å². The highest BCUT2D eigenvalue weighted by atomic mass is 16.4. The van der Waals surface area contributed by atoms with Gasteiger partial charge in [0, 0.05) is 19.3 Å². The van der Waals surface area contributed by atoms with Crippen LogP contribution in [0.3, 0.4) is 0 Å². The summed E-state index contributed by atoms with van der Waals surface area (Å²) in [4.78, 5) is 73.2. The van der Waals surface area contributed by atoms with Crippen molar-refractivity contribution in [3.63, 3.8) is 0 Å². The number of amides is 4. The van der Waals surface area contributed by atoms with Crippen LogP contribution < -0.4 is 27.4 Å². The Kier molecular flexibility index (Phi) is 12.2. The summed E-state index contributed by atoms with van der Waals surface area (Å²) in [6.45, 7) is 0. The Bertz CT molecular complexity index is 1240. The van der Waals surface area contributed by atoms with Gasteiger partial charge in [-0.1, -0.05) is 42.5 Å². The molecule has 0 aliphatic carbocycles. The van der Waals surface area contributed by atoms with Gasteiger partial charge in [0.1, 0.15) is 23.9 Å². The number of aliphatic carboxylic acids is 2. The minimum atomic E-state index is -1.47. The molecule has 0 aromatic heterocycles. The molecule has 0 spiro atoms. The van der Waals surface area contributed by atoms with Crippen LogP contribution in [0.15, 0.2) is 54.6 Å². The van der Waals surface area contributed by atoms with Gasteiger partial charge in [0.2, 0.25) is 23.6 Å². The summed E-state index contributed by atoms with van der Waals surface area (Å²) in [5, 5.41) is 35.5. The number of phenols is 1. The van der Waals surface area contributed by atoms with E-state index >= 15 is 0 Å². The molecule has 10 N–H and O–H groups in total. The molecule has 0 fully saturated rings. The van der Waals surface area contributed by atoms with Crippen LogP contribution in [-0.4, -0.2) is 75.1 Å². The van der Waals surface area contributed by atoms with E-state index in [0.717, 1.165) is 0 Å². The Morgan fingerprint density at radius 2 is 1.22 bits per heavy atom. The third-order valence-electron chi connectivity index (χ3n) is 5.94. The highest BCUT2D eigenvalue weighted by Gasteiger charge is 2.31. The number of primary amides is 1. The van der Waals surface area contributed by atoms with Crippen LogP contribution in [0.1, 0.15) is 30.4 Å². The molecule has 14 heteroatoms. The Labute approximate surface area is 235 Å². The molecule has 2 rings (SSSR count). The van der Waals surface area contributed by atoms with Gasteiger partial charge in [-0.3, -0.25) is 24.0 Å². The van der Waals surface area contributed by atoms with Gasteiger partial charge in [-0.15, -0.1) is 0 Å². The first-order valence-corrected chi connectivity index (χ1v) is 12.6. The van der Waals surface area contributed by atoms with Crippen molar-refractivity contribution in [2.24, 2.45) is 11.5 Å². The normalized spacial score (nSPS) is 13.6. The molecule has 14 nitrogen and oxygen atoms in total. The number of carboxylic acid groups (broad SMARTS) is 2. The average Bonchev–Trinajstić information content (AvgIpc) is 2.91. The van der Waals surface area contributed by atoms with Gasteiger partial charge in [-0.2, -0.15) is 0 Å². The number of benzene rings is 2. The molecule has 0 aliphatic rings. The Morgan fingerprint density at radius 1 is 0.707 bits per heavy atom. The first-order valence-electron chi connectivity index (χ1n) is 12.6. The van der Waals surface area contributed by atoms with E-state index in [1.807, 2.05) is 0 Å². The molecule has 41 heavy (non-hydrogen) atoms. The number of nitrogens with one attached hydrogen (secondary N) is 3. The lowest BCUT2D eigenvalue weighted by Gasteiger charge is -2.25. The van der Waals surface area contributed by atoms with Crippen LogP contribution in [0.5, 0.6) is 5.75 Å². The van der Waals surface area contributed by atoms with Gasteiger partial charge < -0.3 is 42.7 Å². The molecule has 0 saturated heterocycles. The maximum atomic E-state index is 13.3. The topological polar surface area (TPSA) is 251 Å². The zero-order valence-corrected chi connectivity index (χ0v) is 22.0. The molecular formula is C27H33N5O9. The summed E-state index contributed by atoms with van der Waals surface area (Å²) in [6.07, 6.45) is -1.62. The molecule has 0 radical (unpaired) electrons. The maximum absolute atomic E-state index is 13.3. The zero-order valence-electron chi connectivity index (χ0n) is 22.0. The lowest BCUT2D eigenvalue weighted by molar-refractivity contribution is -0.142. The summed E-state index contributed by atoms with van der Waals surface area (Å²) < 4.78 is 0. The molecule has 0 aliphatic heterocycles. The Balaban J connectivity index is 2.28. The Hall–Kier alpha value is -4.98. The van der Waals surface area contributed by atoms with Gasteiger partial charge in [-0.25, -0.2) is 4.79 Å². The van der Waals surface area contributed by atoms with Crippen LogP contribution in [0, 0.1) is 0 Å². The Morgan fingerprint density at radius 3 is 1.78 bits per heavy atom. The van der Waals surface area contributed by atoms with E-state index in [1.54, 1.807) is 30.3 Å². The number of carboxylic acids is 2. The summed E-state index contributed by atoms with van der Waals surface area (Å²) >= 11 is 0. The SMILES string of the molecule is NC(=O)CC(N)C(=O)NC(CCC(=O)O)C(=O)NC(Cc1ccc(O)cc1)C(=O)NC(Cc1ccccc1)C(=O)O. The zero-order chi connectivity index (χ0) is 30.5. The van der Waals surface area contributed by atoms with Crippen LogP contribution in [0.4, 0.5) is 0 Å². The van der Waals surface area contributed by atoms with Crippen molar-refractivity contribution < 1.29 is 44.1 Å². The van der Waals surface area contributed by atoms with Crippen molar-refractivity contribution in [3.8, 4) is 5.75 Å². The van der Waals surface area contributed by atoms with E-state index in [1.165, 1.54) is 24.3 Å². The van der Waals surface area contributed by atoms with Gasteiger partial charge in [0.05, 0.1) is 12.5 Å². The van der Waals surface area contributed by atoms with Crippen LogP contribution in [0.25, 0.3) is 0 Å². The highest BCUT2D eigenvalue weighted by molar-refractivity contribution is 5.95. The smallest absolute Gasteiger partial charge is 0.326 e. The number of carbonyl (C=O) groups is 6. The number of phenolic OH excluding ortho intramolecular Hbond substituents is 1. The van der Waals surface area contributed by atoms with E-state index in [-0.39, 0.29) is 25.0 Å². The molecule has 2 aromatic carbocycles. The second kappa shape index (κ2) is 15.6. The minimum absolute atomic E-state index is 0.0448. The number of hydrogen-bond acceptors (Lipinski definition) is 8. The van der Waals surface area contributed by atoms with Crippen molar-refractivity contribution in [1.82, 2.24) is 16.0 Å². The van der Waals surface area contributed by atoms with E-state index < -0.39 is 72.6 Å². The summed E-state index contributed by atoms with van der Waals surface area (Å²) in [6, 6.07) is 8.68. The number of nitrogens with two attached hydrogens (primary N) is 2. The number of aromatic hydroxyl groups is 1. The first-order chi connectivity index (χ1) is 19.3. The monoisotopic (exact) mass is 571 g/mol. The standard InChI is InChI=1S/C27H33N5O9/c28-18(14-22(29)34)24(37)30-19(10-11-23(35)36)25(38)31-20(12-16-6-8-17(33)9-7-16)26(39)32-21(27(40)41)13-15-4-2-1-3-5-15/h1-9,18-21,33H,10-14,28H2,(H2,29,34)(H,30,37)(H,31,38)(H,32,39)(H,35,36)(H,40,41). The first kappa shape index (κ1) is 32.2. The lowest BCUT2D eigenvalue weighted by Crippen LogP contribution is -2.58. The molecule has 4 atom stereocenters. The second-order valence-electron chi connectivity index (χ2n) is 9.29.